The van der Waals surface area contributed by atoms with E-state index in [1.807, 2.05) is 6.07 Å². The third-order valence-electron chi connectivity index (χ3n) is 3.07. The molecule has 0 saturated carbocycles. The summed E-state index contributed by atoms with van der Waals surface area (Å²) in [6, 6.07) is 8.74. The van der Waals surface area contributed by atoms with Gasteiger partial charge in [-0.2, -0.15) is 5.26 Å². The number of carbonyl (C=O) groups excluding carboxylic acids is 1. The first-order chi connectivity index (χ1) is 8.24. The Hall–Kier alpha value is -1.86. The molecular weight excluding hydrogens is 216 g/mol. The number of rotatable bonds is 2. The van der Waals surface area contributed by atoms with Crippen molar-refractivity contribution >= 4 is 5.91 Å². The fourth-order valence-corrected chi connectivity index (χ4v) is 2.07. The van der Waals surface area contributed by atoms with Crippen molar-refractivity contribution in [1.82, 2.24) is 4.90 Å². The number of hydrogen-bond acceptors (Lipinski definition) is 3. The van der Waals surface area contributed by atoms with E-state index >= 15 is 0 Å². The number of aliphatic hydroxyl groups is 1. The van der Waals surface area contributed by atoms with Crippen LogP contribution >= 0.6 is 0 Å². The molecule has 0 bridgehead atoms. The Kier molecular flexibility index (Phi) is 3.40. The normalized spacial score (nSPS) is 19.1. The fourth-order valence-electron chi connectivity index (χ4n) is 2.07. The quantitative estimate of drug-likeness (QED) is 0.824. The topological polar surface area (TPSA) is 64.3 Å². The van der Waals surface area contributed by atoms with Crippen molar-refractivity contribution in [2.24, 2.45) is 5.92 Å². The highest BCUT2D eigenvalue weighted by molar-refractivity contribution is 5.94. The van der Waals surface area contributed by atoms with Gasteiger partial charge < -0.3 is 10.0 Å². The van der Waals surface area contributed by atoms with E-state index in [9.17, 15) is 4.79 Å². The maximum absolute atomic E-state index is 12.1. The predicted octanol–water partition coefficient (Wildman–Crippen LogP) is 1.01. The molecule has 0 unspecified atom stereocenters. The Morgan fingerprint density at radius 3 is 3.06 bits per heavy atom. The van der Waals surface area contributed by atoms with Crippen molar-refractivity contribution in [2.75, 3.05) is 19.7 Å². The first-order valence-corrected chi connectivity index (χ1v) is 5.65. The van der Waals surface area contributed by atoms with Crippen molar-refractivity contribution in [1.29, 1.82) is 5.26 Å². The lowest BCUT2D eigenvalue weighted by molar-refractivity contribution is 0.0782. The van der Waals surface area contributed by atoms with Crippen LogP contribution in [0.5, 0.6) is 0 Å². The molecule has 17 heavy (non-hydrogen) atoms. The summed E-state index contributed by atoms with van der Waals surface area (Å²) in [6.45, 7) is 1.41. The number of hydrogen-bond donors (Lipinski definition) is 1. The summed E-state index contributed by atoms with van der Waals surface area (Å²) in [5, 5.41) is 17.8. The van der Waals surface area contributed by atoms with E-state index in [0.29, 0.717) is 24.2 Å². The monoisotopic (exact) mass is 230 g/mol. The minimum absolute atomic E-state index is 0.0574. The molecule has 1 aliphatic rings. The van der Waals surface area contributed by atoms with Gasteiger partial charge in [0.2, 0.25) is 0 Å². The molecule has 1 amide bonds. The number of likely N-dealkylation sites (tertiary alicyclic amines) is 1. The predicted molar refractivity (Wildman–Crippen MR) is 62.3 cm³/mol. The Morgan fingerprint density at radius 1 is 1.59 bits per heavy atom. The van der Waals surface area contributed by atoms with Crippen LogP contribution in [0.4, 0.5) is 0 Å². The lowest BCUT2D eigenvalue weighted by atomic mass is 10.1. The van der Waals surface area contributed by atoms with Gasteiger partial charge in [-0.1, -0.05) is 6.07 Å². The van der Waals surface area contributed by atoms with Crippen LogP contribution in [0.25, 0.3) is 0 Å². The van der Waals surface area contributed by atoms with Crippen LogP contribution in [-0.4, -0.2) is 35.6 Å². The van der Waals surface area contributed by atoms with E-state index in [-0.39, 0.29) is 18.4 Å². The highest BCUT2D eigenvalue weighted by Gasteiger charge is 2.26. The molecule has 1 N–H and O–H groups in total. The van der Waals surface area contributed by atoms with Gasteiger partial charge in [0.15, 0.2) is 0 Å². The Morgan fingerprint density at radius 2 is 2.41 bits per heavy atom. The minimum Gasteiger partial charge on any atom is -0.396 e. The smallest absolute Gasteiger partial charge is 0.253 e. The van der Waals surface area contributed by atoms with Gasteiger partial charge in [0.25, 0.3) is 5.91 Å². The number of nitriles is 1. The van der Waals surface area contributed by atoms with E-state index in [0.717, 1.165) is 6.42 Å². The second-order valence-electron chi connectivity index (χ2n) is 4.28. The standard InChI is InChI=1S/C13H14N2O2/c14-7-10-2-1-3-12(6-10)13(17)15-5-4-11(8-15)9-16/h1-3,6,11,16H,4-5,8-9H2/t11-/m0/s1. The number of benzene rings is 1. The molecule has 88 valence electrons. The molecule has 0 aromatic heterocycles. The molecule has 1 aromatic rings. The Bertz CT molecular complexity index is 465. The van der Waals surface area contributed by atoms with Crippen molar-refractivity contribution < 1.29 is 9.90 Å². The number of amides is 1. The van der Waals surface area contributed by atoms with E-state index in [2.05, 4.69) is 0 Å². The average molecular weight is 230 g/mol. The summed E-state index contributed by atoms with van der Waals surface area (Å²) in [6.07, 6.45) is 0.847. The lowest BCUT2D eigenvalue weighted by Gasteiger charge is -2.16. The summed E-state index contributed by atoms with van der Waals surface area (Å²) in [5.74, 6) is 0.135. The highest BCUT2D eigenvalue weighted by atomic mass is 16.3. The van der Waals surface area contributed by atoms with Crippen LogP contribution in [0.3, 0.4) is 0 Å². The molecule has 0 aliphatic carbocycles. The summed E-state index contributed by atoms with van der Waals surface area (Å²) in [5.41, 5.74) is 1.04. The second kappa shape index (κ2) is 4.98. The van der Waals surface area contributed by atoms with Gasteiger partial charge in [0.05, 0.1) is 11.6 Å². The third kappa shape index (κ3) is 2.45. The molecule has 1 aromatic carbocycles. The summed E-state index contributed by atoms with van der Waals surface area (Å²) < 4.78 is 0. The van der Waals surface area contributed by atoms with Gasteiger partial charge in [-0.3, -0.25) is 4.79 Å². The van der Waals surface area contributed by atoms with E-state index < -0.39 is 0 Å². The second-order valence-corrected chi connectivity index (χ2v) is 4.28. The first kappa shape index (κ1) is 11.6. The number of nitrogens with zero attached hydrogens (tertiary/aromatic N) is 2. The summed E-state index contributed by atoms with van der Waals surface area (Å²) in [7, 11) is 0. The van der Waals surface area contributed by atoms with Gasteiger partial charge >= 0.3 is 0 Å². The summed E-state index contributed by atoms with van der Waals surface area (Å²) in [4.78, 5) is 13.8. The molecule has 1 saturated heterocycles. The fraction of sp³-hybridized carbons (Fsp3) is 0.385. The molecule has 4 heteroatoms. The van der Waals surface area contributed by atoms with Crippen LogP contribution in [0.15, 0.2) is 24.3 Å². The SMILES string of the molecule is N#Cc1cccc(C(=O)N2CC[C@H](CO)C2)c1. The maximum atomic E-state index is 12.1. The molecule has 1 aliphatic heterocycles. The molecule has 1 atom stereocenters. The molecule has 4 nitrogen and oxygen atoms in total. The van der Waals surface area contributed by atoms with Crippen molar-refractivity contribution in [2.45, 2.75) is 6.42 Å². The minimum atomic E-state index is -0.0574. The molecule has 1 fully saturated rings. The molecule has 2 rings (SSSR count). The van der Waals surface area contributed by atoms with Crippen LogP contribution in [0.2, 0.25) is 0 Å². The van der Waals surface area contributed by atoms with Crippen LogP contribution in [0.1, 0.15) is 22.3 Å². The van der Waals surface area contributed by atoms with Gasteiger partial charge in [-0.05, 0) is 24.6 Å². The highest BCUT2D eigenvalue weighted by Crippen LogP contribution is 2.18. The van der Waals surface area contributed by atoms with E-state index in [1.54, 1.807) is 29.2 Å². The van der Waals surface area contributed by atoms with Crippen molar-refractivity contribution in [3.8, 4) is 6.07 Å². The third-order valence-corrected chi connectivity index (χ3v) is 3.07. The van der Waals surface area contributed by atoms with Gasteiger partial charge in [-0.25, -0.2) is 0 Å². The average Bonchev–Trinajstić information content (AvgIpc) is 2.86. The number of carbonyl (C=O) groups is 1. The summed E-state index contributed by atoms with van der Waals surface area (Å²) >= 11 is 0. The van der Waals surface area contributed by atoms with Gasteiger partial charge in [0.1, 0.15) is 0 Å². The maximum Gasteiger partial charge on any atom is 0.253 e. The van der Waals surface area contributed by atoms with E-state index in [4.69, 9.17) is 10.4 Å². The lowest BCUT2D eigenvalue weighted by Crippen LogP contribution is -2.29. The Balaban J connectivity index is 2.12. The Labute approximate surface area is 100 Å². The van der Waals surface area contributed by atoms with Gasteiger partial charge in [0, 0.05) is 31.2 Å². The molecular formula is C13H14N2O2. The van der Waals surface area contributed by atoms with Crippen LogP contribution in [-0.2, 0) is 0 Å². The molecule has 0 spiro atoms. The van der Waals surface area contributed by atoms with Gasteiger partial charge in [-0.15, -0.1) is 0 Å². The van der Waals surface area contributed by atoms with Crippen LogP contribution in [0, 0.1) is 17.2 Å². The van der Waals surface area contributed by atoms with Crippen LogP contribution < -0.4 is 0 Å². The molecule has 1 heterocycles. The first-order valence-electron chi connectivity index (χ1n) is 5.65. The zero-order valence-electron chi connectivity index (χ0n) is 9.47. The zero-order valence-corrected chi connectivity index (χ0v) is 9.47. The largest absolute Gasteiger partial charge is 0.396 e. The zero-order chi connectivity index (χ0) is 12.3. The molecule has 0 radical (unpaired) electrons. The van der Waals surface area contributed by atoms with Crippen molar-refractivity contribution in [3.05, 3.63) is 35.4 Å². The number of aliphatic hydroxyl groups excluding tert-OH is 1. The van der Waals surface area contributed by atoms with Crippen molar-refractivity contribution in [3.63, 3.8) is 0 Å². The van der Waals surface area contributed by atoms with E-state index in [1.165, 1.54) is 0 Å².